The van der Waals surface area contributed by atoms with Crippen LogP contribution < -0.4 is 10.1 Å². The third-order valence-electron chi connectivity index (χ3n) is 6.18. The molecule has 2 fully saturated rings. The van der Waals surface area contributed by atoms with Gasteiger partial charge in [0.1, 0.15) is 18.4 Å². The van der Waals surface area contributed by atoms with E-state index in [0.29, 0.717) is 37.2 Å². The van der Waals surface area contributed by atoms with E-state index in [4.69, 9.17) is 9.47 Å². The van der Waals surface area contributed by atoms with Gasteiger partial charge in [-0.25, -0.2) is 0 Å². The first-order chi connectivity index (χ1) is 15.0. The van der Waals surface area contributed by atoms with Gasteiger partial charge in [-0.2, -0.15) is 0 Å². The fraction of sp³-hybridized carbons (Fsp3) is 0.609. The summed E-state index contributed by atoms with van der Waals surface area (Å²) in [5.41, 5.74) is 0.462. The predicted molar refractivity (Wildman–Crippen MR) is 116 cm³/mol. The SMILES string of the molecule is COCC(=O)N1CCC([C@H](NC(=O)c2cccc(OC)c2)C(=O)N2CCCCC2)CC1. The second-order valence-electron chi connectivity index (χ2n) is 8.22. The zero-order chi connectivity index (χ0) is 22.2. The maximum atomic E-state index is 13.4. The maximum absolute atomic E-state index is 13.4. The smallest absolute Gasteiger partial charge is 0.252 e. The van der Waals surface area contributed by atoms with Crippen molar-refractivity contribution in [1.82, 2.24) is 15.1 Å². The Morgan fingerprint density at radius 1 is 1.03 bits per heavy atom. The molecule has 2 aliphatic rings. The molecule has 0 unspecified atom stereocenters. The van der Waals surface area contributed by atoms with Gasteiger partial charge in [-0.05, 0) is 56.2 Å². The molecule has 0 spiro atoms. The summed E-state index contributed by atoms with van der Waals surface area (Å²) >= 11 is 0. The van der Waals surface area contributed by atoms with Crippen LogP contribution in [0.5, 0.6) is 5.75 Å². The molecule has 8 heteroatoms. The minimum absolute atomic E-state index is 0.0161. The highest BCUT2D eigenvalue weighted by atomic mass is 16.5. The Morgan fingerprint density at radius 2 is 1.74 bits per heavy atom. The number of amides is 3. The summed E-state index contributed by atoms with van der Waals surface area (Å²) in [5, 5.41) is 3.01. The maximum Gasteiger partial charge on any atom is 0.252 e. The number of hydrogen-bond acceptors (Lipinski definition) is 5. The van der Waals surface area contributed by atoms with Gasteiger partial charge in [0.25, 0.3) is 5.91 Å². The van der Waals surface area contributed by atoms with Crippen molar-refractivity contribution in [3.8, 4) is 5.75 Å². The highest BCUT2D eigenvalue weighted by Gasteiger charge is 2.36. The number of nitrogens with zero attached hydrogens (tertiary/aromatic N) is 2. The third kappa shape index (κ3) is 5.97. The molecule has 8 nitrogen and oxygen atoms in total. The fourth-order valence-corrected chi connectivity index (χ4v) is 4.38. The number of carbonyl (C=O) groups excluding carboxylic acids is 3. The van der Waals surface area contributed by atoms with Crippen LogP contribution in [0.15, 0.2) is 24.3 Å². The summed E-state index contributed by atoms with van der Waals surface area (Å²) in [7, 11) is 3.06. The molecule has 2 heterocycles. The van der Waals surface area contributed by atoms with Crippen LogP contribution in [-0.4, -0.2) is 80.6 Å². The summed E-state index contributed by atoms with van der Waals surface area (Å²) in [6.07, 6.45) is 4.44. The van der Waals surface area contributed by atoms with Crippen molar-refractivity contribution < 1.29 is 23.9 Å². The number of methoxy groups -OCH3 is 2. The Balaban J connectivity index is 1.72. The van der Waals surface area contributed by atoms with Gasteiger partial charge in [-0.15, -0.1) is 0 Å². The fourth-order valence-electron chi connectivity index (χ4n) is 4.38. The molecule has 0 radical (unpaired) electrons. The number of carbonyl (C=O) groups is 3. The number of rotatable bonds is 7. The molecule has 2 aliphatic heterocycles. The predicted octanol–water partition coefficient (Wildman–Crippen LogP) is 1.69. The number of hydrogen-bond donors (Lipinski definition) is 1. The summed E-state index contributed by atoms with van der Waals surface area (Å²) in [4.78, 5) is 42.2. The van der Waals surface area contributed by atoms with Gasteiger partial charge in [-0.1, -0.05) is 6.07 Å². The number of likely N-dealkylation sites (tertiary alicyclic amines) is 2. The van der Waals surface area contributed by atoms with Gasteiger partial charge < -0.3 is 24.6 Å². The average molecular weight is 432 g/mol. The first-order valence-electron chi connectivity index (χ1n) is 11.0. The first kappa shape index (κ1) is 23.1. The van der Waals surface area contributed by atoms with E-state index >= 15 is 0 Å². The summed E-state index contributed by atoms with van der Waals surface area (Å²) in [6.45, 7) is 2.65. The van der Waals surface area contributed by atoms with Gasteiger partial charge in [0.2, 0.25) is 11.8 Å². The lowest BCUT2D eigenvalue weighted by Crippen LogP contribution is -2.55. The molecule has 1 aromatic carbocycles. The molecule has 0 aromatic heterocycles. The Labute approximate surface area is 183 Å². The van der Waals surface area contributed by atoms with E-state index in [1.54, 1.807) is 36.3 Å². The molecular formula is C23H33N3O5. The van der Waals surface area contributed by atoms with Crippen LogP contribution in [0.2, 0.25) is 0 Å². The molecule has 0 aliphatic carbocycles. The zero-order valence-corrected chi connectivity index (χ0v) is 18.5. The first-order valence-corrected chi connectivity index (χ1v) is 11.0. The Hall–Kier alpha value is -2.61. The van der Waals surface area contributed by atoms with Gasteiger partial charge in [0.15, 0.2) is 0 Å². The molecule has 1 aromatic rings. The van der Waals surface area contributed by atoms with Crippen LogP contribution in [0.1, 0.15) is 42.5 Å². The lowest BCUT2D eigenvalue weighted by molar-refractivity contribution is -0.138. The molecule has 3 amide bonds. The lowest BCUT2D eigenvalue weighted by atomic mass is 9.87. The van der Waals surface area contributed by atoms with Crippen molar-refractivity contribution in [3.05, 3.63) is 29.8 Å². The number of ether oxygens (including phenoxy) is 2. The van der Waals surface area contributed by atoms with Crippen LogP contribution in [0.4, 0.5) is 0 Å². The zero-order valence-electron chi connectivity index (χ0n) is 18.5. The van der Waals surface area contributed by atoms with Gasteiger partial charge >= 0.3 is 0 Å². The second kappa shape index (κ2) is 11.1. The van der Waals surface area contributed by atoms with Crippen molar-refractivity contribution in [2.75, 3.05) is 47.0 Å². The standard InChI is InChI=1S/C23H33N3O5/c1-30-16-20(27)25-13-9-17(10-14-25)21(23(29)26-11-4-3-5-12-26)24-22(28)18-7-6-8-19(15-18)31-2/h6-8,15,17,21H,3-5,9-14,16H2,1-2H3,(H,24,28)/t21-/m0/s1. The van der Waals surface area contributed by atoms with E-state index in [2.05, 4.69) is 5.32 Å². The van der Waals surface area contributed by atoms with Crippen LogP contribution >= 0.6 is 0 Å². The Morgan fingerprint density at radius 3 is 2.39 bits per heavy atom. The molecule has 2 saturated heterocycles. The molecule has 1 atom stereocenters. The van der Waals surface area contributed by atoms with E-state index in [1.165, 1.54) is 7.11 Å². The highest BCUT2D eigenvalue weighted by molar-refractivity contribution is 5.98. The van der Waals surface area contributed by atoms with E-state index in [9.17, 15) is 14.4 Å². The molecule has 1 N–H and O–H groups in total. The van der Waals surface area contributed by atoms with E-state index < -0.39 is 6.04 Å². The normalized spacial score (nSPS) is 18.4. The summed E-state index contributed by atoms with van der Waals surface area (Å²) in [5.74, 6) is 0.233. The minimum Gasteiger partial charge on any atom is -0.497 e. The van der Waals surface area contributed by atoms with Crippen molar-refractivity contribution in [3.63, 3.8) is 0 Å². The second-order valence-corrected chi connectivity index (χ2v) is 8.22. The minimum atomic E-state index is -0.600. The largest absolute Gasteiger partial charge is 0.497 e. The molecule has 0 saturated carbocycles. The van der Waals surface area contributed by atoms with Crippen molar-refractivity contribution >= 4 is 17.7 Å². The topological polar surface area (TPSA) is 88.2 Å². The van der Waals surface area contributed by atoms with Crippen LogP contribution in [0.3, 0.4) is 0 Å². The molecule has 0 bridgehead atoms. The van der Waals surface area contributed by atoms with E-state index in [-0.39, 0.29) is 30.2 Å². The van der Waals surface area contributed by atoms with Gasteiger partial charge in [0.05, 0.1) is 7.11 Å². The molecule has 31 heavy (non-hydrogen) atoms. The van der Waals surface area contributed by atoms with Gasteiger partial charge in [-0.3, -0.25) is 14.4 Å². The molecule has 3 rings (SSSR count). The summed E-state index contributed by atoms with van der Waals surface area (Å²) in [6, 6.07) is 6.32. The van der Waals surface area contributed by atoms with E-state index in [1.807, 2.05) is 4.90 Å². The Bertz CT molecular complexity index is 770. The van der Waals surface area contributed by atoms with Crippen LogP contribution in [0.25, 0.3) is 0 Å². The number of nitrogens with one attached hydrogen (secondary N) is 1. The van der Waals surface area contributed by atoms with Gasteiger partial charge in [0, 0.05) is 38.9 Å². The van der Waals surface area contributed by atoms with Crippen molar-refractivity contribution in [1.29, 1.82) is 0 Å². The van der Waals surface area contributed by atoms with Crippen molar-refractivity contribution in [2.45, 2.75) is 38.1 Å². The lowest BCUT2D eigenvalue weighted by Gasteiger charge is -2.38. The van der Waals surface area contributed by atoms with Crippen LogP contribution in [0, 0.1) is 5.92 Å². The molecular weight excluding hydrogens is 398 g/mol. The van der Waals surface area contributed by atoms with E-state index in [0.717, 1.165) is 32.4 Å². The van der Waals surface area contributed by atoms with Crippen molar-refractivity contribution in [2.24, 2.45) is 5.92 Å². The quantitative estimate of drug-likeness (QED) is 0.710. The van der Waals surface area contributed by atoms with Crippen LogP contribution in [-0.2, 0) is 14.3 Å². The molecule has 170 valence electrons. The average Bonchev–Trinajstić information content (AvgIpc) is 2.83. The Kier molecular flexibility index (Phi) is 8.28. The highest BCUT2D eigenvalue weighted by Crippen LogP contribution is 2.24. The summed E-state index contributed by atoms with van der Waals surface area (Å²) < 4.78 is 10.2. The number of benzene rings is 1. The third-order valence-corrected chi connectivity index (χ3v) is 6.18. The monoisotopic (exact) mass is 431 g/mol. The number of piperidine rings is 2.